The molecule has 1 rings (SSSR count). The molecule has 0 fully saturated rings. The van der Waals surface area contributed by atoms with Gasteiger partial charge in [0, 0.05) is 36.2 Å². The minimum absolute atomic E-state index is 0.0212. The van der Waals surface area contributed by atoms with Crippen LogP contribution in [0, 0.1) is 11.8 Å². The van der Waals surface area contributed by atoms with Crippen LogP contribution in [0.3, 0.4) is 0 Å². The number of hydrogen-bond donors (Lipinski definition) is 2. The lowest BCUT2D eigenvalue weighted by atomic mass is 10.3. The van der Waals surface area contributed by atoms with Crippen molar-refractivity contribution in [3.05, 3.63) is 24.0 Å². The Bertz CT molecular complexity index is 606. The molecule has 7 heteroatoms. The minimum atomic E-state index is -3.59. The summed E-state index contributed by atoms with van der Waals surface area (Å²) in [5.74, 6) is 7.19. The Morgan fingerprint density at radius 1 is 1.48 bits per heavy atom. The van der Waals surface area contributed by atoms with Crippen LogP contribution in [0.15, 0.2) is 23.4 Å². The first kappa shape index (κ1) is 18.0. The molecule has 0 saturated heterocycles. The van der Waals surface area contributed by atoms with Crippen molar-refractivity contribution >= 4 is 21.8 Å². The molecule has 1 aromatic rings. The predicted molar refractivity (Wildman–Crippen MR) is 85.6 cm³/mol. The molecule has 0 amide bonds. The van der Waals surface area contributed by atoms with Crippen LogP contribution in [0.2, 0.25) is 0 Å². The quantitative estimate of drug-likeness (QED) is 0.736. The molecule has 0 bridgehead atoms. The zero-order valence-electron chi connectivity index (χ0n) is 12.2. The average molecular weight is 328 g/mol. The van der Waals surface area contributed by atoms with Crippen molar-refractivity contribution in [3.63, 3.8) is 0 Å². The second-order valence-corrected chi connectivity index (χ2v) is 7.40. The van der Waals surface area contributed by atoms with Gasteiger partial charge >= 0.3 is 0 Å². The molecule has 0 aromatic carbocycles. The highest BCUT2D eigenvalue weighted by Gasteiger charge is 2.17. The molecule has 1 atom stereocenters. The monoisotopic (exact) mass is 328 g/mol. The van der Waals surface area contributed by atoms with E-state index in [1.54, 1.807) is 11.8 Å². The van der Waals surface area contributed by atoms with Crippen LogP contribution in [0.4, 0.5) is 0 Å². The molecule has 21 heavy (non-hydrogen) atoms. The molecule has 0 aliphatic carbocycles. The van der Waals surface area contributed by atoms with Gasteiger partial charge in [-0.25, -0.2) is 13.1 Å². The molecule has 1 aromatic heterocycles. The smallest absolute Gasteiger partial charge is 0.242 e. The van der Waals surface area contributed by atoms with Crippen molar-refractivity contribution in [2.45, 2.75) is 31.2 Å². The molecular formula is C14H20N2O3S2. The lowest BCUT2D eigenvalue weighted by Gasteiger charge is -2.13. The molecule has 1 heterocycles. The van der Waals surface area contributed by atoms with Gasteiger partial charge in [-0.05, 0) is 18.7 Å². The highest BCUT2D eigenvalue weighted by Crippen LogP contribution is 2.11. The summed E-state index contributed by atoms with van der Waals surface area (Å²) < 4.78 is 27.1. The third kappa shape index (κ3) is 6.48. The molecule has 0 aliphatic rings. The Hall–Kier alpha value is -1.07. The zero-order chi connectivity index (χ0) is 15.7. The van der Waals surface area contributed by atoms with Crippen molar-refractivity contribution in [2.24, 2.45) is 0 Å². The van der Waals surface area contributed by atoms with Crippen LogP contribution in [0.1, 0.15) is 25.8 Å². The van der Waals surface area contributed by atoms with Gasteiger partial charge in [-0.1, -0.05) is 18.8 Å². The second-order valence-electron chi connectivity index (χ2n) is 4.37. The van der Waals surface area contributed by atoms with Gasteiger partial charge in [-0.15, -0.1) is 0 Å². The lowest BCUT2D eigenvalue weighted by Crippen LogP contribution is -2.34. The van der Waals surface area contributed by atoms with Crippen LogP contribution in [-0.4, -0.2) is 42.7 Å². The van der Waals surface area contributed by atoms with Crippen molar-refractivity contribution in [3.8, 4) is 11.8 Å². The SMILES string of the molecule is CCSCC(C)NS(=O)(=O)c1cncc(C#CCCO)c1. The molecule has 0 radical (unpaired) electrons. The van der Waals surface area contributed by atoms with Crippen LogP contribution in [0.5, 0.6) is 0 Å². The Labute approximate surface area is 130 Å². The van der Waals surface area contributed by atoms with Crippen LogP contribution in [0.25, 0.3) is 0 Å². The van der Waals surface area contributed by atoms with E-state index in [0.717, 1.165) is 11.5 Å². The highest BCUT2D eigenvalue weighted by atomic mass is 32.2. The number of hydrogen-bond acceptors (Lipinski definition) is 5. The third-order valence-electron chi connectivity index (χ3n) is 2.42. The third-order valence-corrected chi connectivity index (χ3v) is 5.12. The first-order valence-corrected chi connectivity index (χ1v) is 9.28. The molecular weight excluding hydrogens is 308 g/mol. The summed E-state index contributed by atoms with van der Waals surface area (Å²) >= 11 is 1.68. The number of sulfonamides is 1. The molecule has 1 unspecified atom stereocenters. The van der Waals surface area contributed by atoms with Gasteiger partial charge in [0.25, 0.3) is 0 Å². The van der Waals surface area contributed by atoms with E-state index in [1.165, 1.54) is 18.5 Å². The first-order valence-electron chi connectivity index (χ1n) is 6.64. The van der Waals surface area contributed by atoms with Crippen molar-refractivity contribution in [1.82, 2.24) is 9.71 Å². The topological polar surface area (TPSA) is 79.3 Å². The first-order chi connectivity index (χ1) is 9.99. The summed E-state index contributed by atoms with van der Waals surface area (Å²) in [7, 11) is -3.59. The normalized spacial score (nSPS) is 12.5. The summed E-state index contributed by atoms with van der Waals surface area (Å²) in [5.41, 5.74) is 0.516. The molecule has 116 valence electrons. The molecule has 0 spiro atoms. The Kier molecular flexibility index (Phi) is 7.75. The maximum atomic E-state index is 12.2. The fraction of sp³-hybridized carbons (Fsp3) is 0.500. The fourth-order valence-electron chi connectivity index (χ4n) is 1.52. The van der Waals surface area contributed by atoms with E-state index in [4.69, 9.17) is 5.11 Å². The van der Waals surface area contributed by atoms with Gasteiger partial charge in [-0.2, -0.15) is 11.8 Å². The van der Waals surface area contributed by atoms with Gasteiger partial charge in [0.2, 0.25) is 10.0 Å². The molecule has 5 nitrogen and oxygen atoms in total. The van der Waals surface area contributed by atoms with E-state index >= 15 is 0 Å². The molecule has 0 aliphatic heterocycles. The average Bonchev–Trinajstić information content (AvgIpc) is 2.45. The standard InChI is InChI=1S/C14H20N2O3S2/c1-3-20-11-12(2)16-21(18,19)14-8-13(9-15-10-14)6-4-5-7-17/h8-10,12,16-17H,3,5,7,11H2,1-2H3. The van der Waals surface area contributed by atoms with Crippen molar-refractivity contribution < 1.29 is 13.5 Å². The summed E-state index contributed by atoms with van der Waals surface area (Å²) in [6, 6.07) is 1.34. The maximum absolute atomic E-state index is 12.2. The fourth-order valence-corrected chi connectivity index (χ4v) is 3.53. The van der Waals surface area contributed by atoms with Crippen LogP contribution in [-0.2, 0) is 10.0 Å². The summed E-state index contributed by atoms with van der Waals surface area (Å²) in [6.07, 6.45) is 3.15. The van der Waals surface area contributed by atoms with Crippen molar-refractivity contribution in [1.29, 1.82) is 0 Å². The van der Waals surface area contributed by atoms with Gasteiger partial charge in [-0.3, -0.25) is 4.98 Å². The van der Waals surface area contributed by atoms with Gasteiger partial charge < -0.3 is 5.11 Å². The van der Waals surface area contributed by atoms with Gasteiger partial charge in [0.15, 0.2) is 0 Å². The van der Waals surface area contributed by atoms with Crippen molar-refractivity contribution in [2.75, 3.05) is 18.1 Å². The van der Waals surface area contributed by atoms with Gasteiger partial charge in [0.1, 0.15) is 4.90 Å². The largest absolute Gasteiger partial charge is 0.395 e. The number of aliphatic hydroxyl groups excluding tert-OH is 1. The summed E-state index contributed by atoms with van der Waals surface area (Å²) in [4.78, 5) is 4.01. The summed E-state index contributed by atoms with van der Waals surface area (Å²) in [6.45, 7) is 3.84. The Balaban J connectivity index is 2.84. The molecule has 0 saturated carbocycles. The number of nitrogens with one attached hydrogen (secondary N) is 1. The van der Waals surface area contributed by atoms with E-state index in [9.17, 15) is 8.42 Å². The van der Waals surface area contributed by atoms with Crippen LogP contribution < -0.4 is 4.72 Å². The van der Waals surface area contributed by atoms with E-state index in [2.05, 4.69) is 21.5 Å². The summed E-state index contributed by atoms with van der Waals surface area (Å²) in [5, 5.41) is 8.67. The van der Waals surface area contributed by atoms with Gasteiger partial charge in [0.05, 0.1) is 6.61 Å². The molecule has 2 N–H and O–H groups in total. The predicted octanol–water partition coefficient (Wildman–Crippen LogP) is 1.24. The number of rotatable bonds is 7. The van der Waals surface area contributed by atoms with E-state index in [1.807, 2.05) is 13.8 Å². The van der Waals surface area contributed by atoms with E-state index in [0.29, 0.717) is 12.0 Å². The number of pyridine rings is 1. The Morgan fingerprint density at radius 3 is 2.90 bits per heavy atom. The lowest BCUT2D eigenvalue weighted by molar-refractivity contribution is 0.305. The maximum Gasteiger partial charge on any atom is 0.242 e. The number of aliphatic hydroxyl groups is 1. The number of aromatic nitrogens is 1. The number of nitrogens with zero attached hydrogens (tertiary/aromatic N) is 1. The second kappa shape index (κ2) is 9.05. The van der Waals surface area contributed by atoms with E-state index in [-0.39, 0.29) is 17.5 Å². The van der Waals surface area contributed by atoms with E-state index < -0.39 is 10.0 Å². The number of thioether (sulfide) groups is 1. The highest BCUT2D eigenvalue weighted by molar-refractivity contribution is 7.99. The Morgan fingerprint density at radius 2 is 2.24 bits per heavy atom. The minimum Gasteiger partial charge on any atom is -0.395 e. The van der Waals surface area contributed by atoms with Crippen LogP contribution >= 0.6 is 11.8 Å². The zero-order valence-corrected chi connectivity index (χ0v) is 13.8.